The zero-order valence-electron chi connectivity index (χ0n) is 18.1. The van der Waals surface area contributed by atoms with Crippen molar-refractivity contribution in [3.05, 3.63) is 64.9 Å². The highest BCUT2D eigenvalue weighted by Gasteiger charge is 2.33. The first-order chi connectivity index (χ1) is 15.5. The first-order valence-corrected chi connectivity index (χ1v) is 11.2. The van der Waals surface area contributed by atoms with E-state index in [2.05, 4.69) is 15.2 Å². The van der Waals surface area contributed by atoms with Crippen molar-refractivity contribution in [1.29, 1.82) is 0 Å². The zero-order valence-corrected chi connectivity index (χ0v) is 18.1. The summed E-state index contributed by atoms with van der Waals surface area (Å²) in [5.41, 5.74) is 3.10. The summed E-state index contributed by atoms with van der Waals surface area (Å²) < 4.78 is 34.0. The Morgan fingerprint density at radius 3 is 2.88 bits per heavy atom. The number of nitrogens with zero attached hydrogens (tertiary/aromatic N) is 1. The van der Waals surface area contributed by atoms with Crippen LogP contribution >= 0.6 is 0 Å². The number of H-pyrrole nitrogens is 1. The molecule has 1 aliphatic carbocycles. The number of benzene rings is 2. The lowest BCUT2D eigenvalue weighted by Crippen LogP contribution is -2.45. The fourth-order valence-electron chi connectivity index (χ4n) is 4.69. The van der Waals surface area contributed by atoms with E-state index >= 15 is 0 Å². The minimum Gasteiger partial charge on any atom is -0.489 e. The quantitative estimate of drug-likeness (QED) is 0.584. The molecule has 7 heteroatoms. The number of fused-ring (bicyclic) bond motifs is 2. The maximum absolute atomic E-state index is 14.4. The van der Waals surface area contributed by atoms with E-state index in [1.54, 1.807) is 19.2 Å². The van der Waals surface area contributed by atoms with Crippen molar-refractivity contribution >= 4 is 16.8 Å². The van der Waals surface area contributed by atoms with Crippen LogP contribution in [-0.2, 0) is 12.8 Å². The lowest BCUT2D eigenvalue weighted by molar-refractivity contribution is 0.0948. The number of amides is 1. The van der Waals surface area contributed by atoms with Crippen LogP contribution in [0.2, 0.25) is 0 Å². The van der Waals surface area contributed by atoms with E-state index in [4.69, 9.17) is 4.74 Å². The maximum atomic E-state index is 14.4. The first-order valence-electron chi connectivity index (χ1n) is 11.2. The van der Waals surface area contributed by atoms with Gasteiger partial charge in [-0.05, 0) is 67.5 Å². The van der Waals surface area contributed by atoms with Crippen molar-refractivity contribution in [2.24, 2.45) is 5.92 Å². The molecule has 32 heavy (non-hydrogen) atoms. The van der Waals surface area contributed by atoms with E-state index in [9.17, 15) is 13.6 Å². The Balaban J connectivity index is 1.38. The molecule has 2 aromatic carbocycles. The van der Waals surface area contributed by atoms with Crippen molar-refractivity contribution in [3.8, 4) is 5.75 Å². The summed E-state index contributed by atoms with van der Waals surface area (Å²) in [7, 11) is 1.57. The van der Waals surface area contributed by atoms with Gasteiger partial charge in [0, 0.05) is 54.4 Å². The SMILES string of the molecule is CNC(=O)c1ccc(F)c2c1CC(N(CCc1c[nH]c3ccc(F)cc13)CC1CC1)CO2. The Bertz CT molecular complexity index is 1160. The normalized spacial score (nSPS) is 17.9. The molecule has 2 heterocycles. The van der Waals surface area contributed by atoms with Gasteiger partial charge in [-0.3, -0.25) is 9.69 Å². The summed E-state index contributed by atoms with van der Waals surface area (Å²) in [6.07, 6.45) is 5.72. The Hall–Kier alpha value is -2.93. The van der Waals surface area contributed by atoms with Crippen molar-refractivity contribution in [2.45, 2.75) is 31.7 Å². The molecule has 1 aliphatic heterocycles. The van der Waals surface area contributed by atoms with Gasteiger partial charge < -0.3 is 15.0 Å². The summed E-state index contributed by atoms with van der Waals surface area (Å²) in [5, 5.41) is 3.55. The highest BCUT2D eigenvalue weighted by molar-refractivity contribution is 5.96. The minimum atomic E-state index is -0.430. The van der Waals surface area contributed by atoms with Gasteiger partial charge in [-0.25, -0.2) is 8.78 Å². The molecule has 1 aromatic heterocycles. The van der Waals surface area contributed by atoms with Crippen LogP contribution in [-0.4, -0.2) is 48.6 Å². The van der Waals surface area contributed by atoms with Gasteiger partial charge in [0.15, 0.2) is 11.6 Å². The molecule has 1 fully saturated rings. The summed E-state index contributed by atoms with van der Waals surface area (Å²) in [6.45, 7) is 2.12. The molecule has 5 nitrogen and oxygen atoms in total. The second-order valence-electron chi connectivity index (χ2n) is 8.84. The van der Waals surface area contributed by atoms with Gasteiger partial charge in [0.05, 0.1) is 0 Å². The highest BCUT2D eigenvalue weighted by Crippen LogP contribution is 2.35. The Morgan fingerprint density at radius 2 is 2.09 bits per heavy atom. The molecule has 0 radical (unpaired) electrons. The number of carbonyl (C=O) groups is 1. The van der Waals surface area contributed by atoms with Crippen LogP contribution in [0.4, 0.5) is 8.78 Å². The molecule has 0 saturated heterocycles. The monoisotopic (exact) mass is 439 g/mol. The third kappa shape index (κ3) is 4.09. The van der Waals surface area contributed by atoms with Crippen LogP contribution in [0.25, 0.3) is 10.9 Å². The second-order valence-corrected chi connectivity index (χ2v) is 8.84. The van der Waals surface area contributed by atoms with E-state index in [0.29, 0.717) is 30.1 Å². The van der Waals surface area contributed by atoms with Crippen molar-refractivity contribution in [2.75, 3.05) is 26.7 Å². The summed E-state index contributed by atoms with van der Waals surface area (Å²) >= 11 is 0. The predicted octanol–water partition coefficient (Wildman–Crippen LogP) is 4.06. The van der Waals surface area contributed by atoms with E-state index < -0.39 is 5.82 Å². The van der Waals surface area contributed by atoms with Gasteiger partial charge in [-0.2, -0.15) is 0 Å². The fourth-order valence-corrected chi connectivity index (χ4v) is 4.69. The Labute approximate surface area is 185 Å². The number of halogens is 2. The van der Waals surface area contributed by atoms with Crippen LogP contribution < -0.4 is 10.1 Å². The third-order valence-corrected chi connectivity index (χ3v) is 6.65. The van der Waals surface area contributed by atoms with E-state index in [1.807, 2.05) is 6.20 Å². The number of hydrogen-bond donors (Lipinski definition) is 2. The van der Waals surface area contributed by atoms with Crippen LogP contribution in [0.3, 0.4) is 0 Å². The highest BCUT2D eigenvalue weighted by atomic mass is 19.1. The molecule has 2 aliphatic rings. The van der Waals surface area contributed by atoms with E-state index in [1.165, 1.54) is 31.0 Å². The molecule has 3 aromatic rings. The first kappa shape index (κ1) is 20.9. The Kier molecular flexibility index (Phi) is 5.59. The molecule has 1 saturated carbocycles. The van der Waals surface area contributed by atoms with Gasteiger partial charge in [0.1, 0.15) is 12.4 Å². The maximum Gasteiger partial charge on any atom is 0.251 e. The van der Waals surface area contributed by atoms with Crippen LogP contribution in [0.5, 0.6) is 5.75 Å². The lowest BCUT2D eigenvalue weighted by atomic mass is 9.95. The van der Waals surface area contributed by atoms with Crippen molar-refractivity contribution < 1.29 is 18.3 Å². The molecule has 1 amide bonds. The van der Waals surface area contributed by atoms with Crippen molar-refractivity contribution in [3.63, 3.8) is 0 Å². The number of aromatic amines is 1. The summed E-state index contributed by atoms with van der Waals surface area (Å²) in [4.78, 5) is 18.0. The number of ether oxygens (including phenoxy) is 1. The zero-order chi connectivity index (χ0) is 22.2. The smallest absolute Gasteiger partial charge is 0.251 e. The molecule has 1 unspecified atom stereocenters. The van der Waals surface area contributed by atoms with E-state index in [0.717, 1.165) is 36.0 Å². The van der Waals surface area contributed by atoms with E-state index in [-0.39, 0.29) is 23.5 Å². The standard InChI is InChI=1S/C25H27F2N3O2/c1-28-25(31)19-5-6-22(27)24-21(19)11-18(14-32-24)30(13-15-2-3-15)9-8-16-12-29-23-7-4-17(26)10-20(16)23/h4-7,10,12,15,18,29H,2-3,8-9,11,13-14H2,1H3,(H,28,31). The summed E-state index contributed by atoms with van der Waals surface area (Å²) in [5.74, 6) is -0.0430. The van der Waals surface area contributed by atoms with Gasteiger partial charge in [-0.15, -0.1) is 0 Å². The number of nitrogens with one attached hydrogen (secondary N) is 2. The van der Waals surface area contributed by atoms with Gasteiger partial charge in [-0.1, -0.05) is 0 Å². The van der Waals surface area contributed by atoms with Gasteiger partial charge in [0.25, 0.3) is 5.91 Å². The van der Waals surface area contributed by atoms with Crippen LogP contribution in [0, 0.1) is 17.6 Å². The number of rotatable bonds is 7. The molecule has 2 N–H and O–H groups in total. The minimum absolute atomic E-state index is 0.0512. The third-order valence-electron chi connectivity index (χ3n) is 6.65. The van der Waals surface area contributed by atoms with Gasteiger partial charge in [0.2, 0.25) is 0 Å². The fraction of sp³-hybridized carbons (Fsp3) is 0.400. The summed E-state index contributed by atoms with van der Waals surface area (Å²) in [6, 6.07) is 7.67. The number of carbonyl (C=O) groups excluding carboxylic acids is 1. The molecule has 1 atom stereocenters. The van der Waals surface area contributed by atoms with Gasteiger partial charge >= 0.3 is 0 Å². The second kappa shape index (κ2) is 8.54. The number of hydrogen-bond acceptors (Lipinski definition) is 3. The van der Waals surface area contributed by atoms with Crippen LogP contribution in [0.1, 0.15) is 34.3 Å². The average molecular weight is 440 g/mol. The molecular weight excluding hydrogens is 412 g/mol. The topological polar surface area (TPSA) is 57.4 Å². The number of aromatic nitrogens is 1. The lowest BCUT2D eigenvalue weighted by Gasteiger charge is -2.36. The molecule has 0 spiro atoms. The van der Waals surface area contributed by atoms with Crippen LogP contribution in [0.15, 0.2) is 36.5 Å². The molecular formula is C25H27F2N3O2. The average Bonchev–Trinajstić information content (AvgIpc) is 3.54. The van der Waals surface area contributed by atoms with Crippen molar-refractivity contribution in [1.82, 2.24) is 15.2 Å². The molecule has 0 bridgehead atoms. The largest absolute Gasteiger partial charge is 0.489 e. The Morgan fingerprint density at radius 1 is 1.25 bits per heavy atom. The molecule has 168 valence electrons. The molecule has 5 rings (SSSR count). The predicted molar refractivity (Wildman–Crippen MR) is 119 cm³/mol.